The van der Waals surface area contributed by atoms with Gasteiger partial charge in [0.15, 0.2) is 0 Å². The first-order valence-corrected chi connectivity index (χ1v) is 11.9. The molecule has 2 aromatic carbocycles. The van der Waals surface area contributed by atoms with Crippen molar-refractivity contribution in [3.63, 3.8) is 0 Å². The largest absolute Gasteiger partial charge is 0.345 e. The summed E-state index contributed by atoms with van der Waals surface area (Å²) < 4.78 is 0. The van der Waals surface area contributed by atoms with E-state index in [0.717, 1.165) is 16.7 Å². The lowest BCUT2D eigenvalue weighted by Gasteiger charge is -2.26. The molecular weight excluding hydrogens is 456 g/mol. The first-order chi connectivity index (χ1) is 17.5. The normalized spacial score (nSPS) is 15.8. The van der Waals surface area contributed by atoms with E-state index in [1.165, 1.54) is 4.90 Å². The second-order valence-corrected chi connectivity index (χ2v) is 8.71. The van der Waals surface area contributed by atoms with Crippen molar-refractivity contribution in [3.8, 4) is 0 Å². The minimum atomic E-state index is -1.06. The molecule has 0 bridgehead atoms. The quantitative estimate of drug-likeness (QED) is 0.429. The second-order valence-electron chi connectivity index (χ2n) is 8.71. The van der Waals surface area contributed by atoms with Gasteiger partial charge in [0.25, 0.3) is 5.91 Å². The molecular formula is C28H28N4O4. The van der Waals surface area contributed by atoms with Crippen LogP contribution < -0.4 is 10.6 Å². The van der Waals surface area contributed by atoms with Gasteiger partial charge < -0.3 is 15.5 Å². The van der Waals surface area contributed by atoms with Crippen molar-refractivity contribution < 1.29 is 19.2 Å². The van der Waals surface area contributed by atoms with E-state index in [9.17, 15) is 19.2 Å². The van der Waals surface area contributed by atoms with Crippen LogP contribution in [0.3, 0.4) is 0 Å². The first kappa shape index (κ1) is 24.8. The van der Waals surface area contributed by atoms with Gasteiger partial charge in [-0.05, 0) is 35.2 Å². The molecule has 1 saturated heterocycles. The number of nitrogens with one attached hydrogen (secondary N) is 2. The highest BCUT2D eigenvalue weighted by atomic mass is 16.2. The molecule has 8 nitrogen and oxygen atoms in total. The van der Waals surface area contributed by atoms with Crippen LogP contribution in [-0.4, -0.2) is 45.5 Å². The number of likely N-dealkylation sites (tertiary alicyclic amines) is 1. The van der Waals surface area contributed by atoms with Crippen LogP contribution in [0.2, 0.25) is 0 Å². The number of benzene rings is 2. The summed E-state index contributed by atoms with van der Waals surface area (Å²) in [5.41, 5.74) is 2.52. The molecule has 1 unspecified atom stereocenters. The number of ketones is 1. The average molecular weight is 485 g/mol. The van der Waals surface area contributed by atoms with Gasteiger partial charge in [-0.2, -0.15) is 0 Å². The van der Waals surface area contributed by atoms with E-state index >= 15 is 0 Å². The summed E-state index contributed by atoms with van der Waals surface area (Å²) in [7, 11) is 0. The molecule has 4 rings (SSSR count). The molecule has 2 atom stereocenters. The van der Waals surface area contributed by atoms with Crippen LogP contribution in [-0.2, 0) is 38.7 Å². The smallest absolute Gasteiger partial charge is 0.289 e. The number of aromatic nitrogens is 1. The summed E-state index contributed by atoms with van der Waals surface area (Å²) >= 11 is 0. The maximum Gasteiger partial charge on any atom is 0.289 e. The fourth-order valence-corrected chi connectivity index (χ4v) is 4.24. The Morgan fingerprint density at radius 3 is 2.19 bits per heavy atom. The summed E-state index contributed by atoms with van der Waals surface area (Å²) in [5, 5.41) is 5.39. The predicted molar refractivity (Wildman–Crippen MR) is 133 cm³/mol. The number of Topliss-reactive ketones (excluding diaryl/α,β-unsaturated/α-hetero) is 1. The molecule has 0 aliphatic carbocycles. The molecule has 1 aromatic heterocycles. The van der Waals surface area contributed by atoms with E-state index in [1.807, 2.05) is 60.7 Å². The van der Waals surface area contributed by atoms with Gasteiger partial charge in [-0.3, -0.25) is 24.2 Å². The molecule has 1 aliphatic rings. The van der Waals surface area contributed by atoms with Gasteiger partial charge >= 0.3 is 0 Å². The second kappa shape index (κ2) is 11.9. The average Bonchev–Trinajstić information content (AvgIpc) is 3.28. The lowest BCUT2D eigenvalue weighted by molar-refractivity contribution is -0.141. The third-order valence-corrected chi connectivity index (χ3v) is 6.17. The Kier molecular flexibility index (Phi) is 8.18. The molecule has 2 heterocycles. The van der Waals surface area contributed by atoms with Gasteiger partial charge in [-0.15, -0.1) is 0 Å². The SMILES string of the molecule is O=C(NCc1ccncc1)C(=O)C(Cc1ccccc1)NC(=O)[C@H]1CCC(=O)N1Cc1ccccc1. The minimum absolute atomic E-state index is 0.111. The van der Waals surface area contributed by atoms with Crippen molar-refractivity contribution in [1.29, 1.82) is 0 Å². The maximum absolute atomic E-state index is 13.3. The zero-order chi connectivity index (χ0) is 25.3. The fraction of sp³-hybridized carbons (Fsp3) is 0.250. The topological polar surface area (TPSA) is 108 Å². The molecule has 1 fully saturated rings. The van der Waals surface area contributed by atoms with Crippen LogP contribution in [0.1, 0.15) is 29.5 Å². The van der Waals surface area contributed by atoms with Crippen molar-refractivity contribution in [1.82, 2.24) is 20.5 Å². The standard InChI is InChI=1S/C28H28N4O4/c33-25-12-11-24(32(25)19-22-9-5-2-6-10-22)27(35)31-23(17-20-7-3-1-4-8-20)26(34)28(36)30-18-21-13-15-29-16-14-21/h1-10,13-16,23-24H,11-12,17-19H2,(H,30,36)(H,31,35)/t23?,24-/m1/s1. The Labute approximate surface area is 209 Å². The Bertz CT molecular complexity index is 1200. The lowest BCUT2D eigenvalue weighted by Crippen LogP contribution is -2.53. The number of rotatable bonds is 10. The van der Waals surface area contributed by atoms with Crippen LogP contribution in [0.4, 0.5) is 0 Å². The van der Waals surface area contributed by atoms with Gasteiger partial charge in [0.1, 0.15) is 12.1 Å². The van der Waals surface area contributed by atoms with Crippen LogP contribution in [0.25, 0.3) is 0 Å². The van der Waals surface area contributed by atoms with Crippen molar-refractivity contribution in [2.75, 3.05) is 0 Å². The number of nitrogens with zero attached hydrogens (tertiary/aromatic N) is 2. The van der Waals surface area contributed by atoms with Crippen LogP contribution in [0, 0.1) is 0 Å². The van der Waals surface area contributed by atoms with E-state index in [0.29, 0.717) is 13.0 Å². The summed E-state index contributed by atoms with van der Waals surface area (Å²) in [5.74, 6) is -2.06. The summed E-state index contributed by atoms with van der Waals surface area (Å²) in [6, 6.07) is 20.3. The van der Waals surface area contributed by atoms with Gasteiger partial charge in [-0.1, -0.05) is 60.7 Å². The first-order valence-electron chi connectivity index (χ1n) is 11.9. The summed E-state index contributed by atoms with van der Waals surface area (Å²) in [6.45, 7) is 0.475. The zero-order valence-electron chi connectivity index (χ0n) is 19.8. The van der Waals surface area contributed by atoms with E-state index < -0.39 is 29.7 Å². The minimum Gasteiger partial charge on any atom is -0.345 e. The van der Waals surface area contributed by atoms with E-state index in [1.54, 1.807) is 24.5 Å². The summed E-state index contributed by atoms with van der Waals surface area (Å²) in [4.78, 5) is 57.2. The van der Waals surface area contributed by atoms with Crippen LogP contribution in [0.5, 0.6) is 0 Å². The lowest BCUT2D eigenvalue weighted by atomic mass is 10.0. The van der Waals surface area contributed by atoms with Crippen LogP contribution >= 0.6 is 0 Å². The van der Waals surface area contributed by atoms with Crippen molar-refractivity contribution in [3.05, 3.63) is 102 Å². The molecule has 36 heavy (non-hydrogen) atoms. The van der Waals surface area contributed by atoms with Gasteiger partial charge in [0.2, 0.25) is 17.6 Å². The predicted octanol–water partition coefficient (Wildman–Crippen LogP) is 2.19. The molecule has 1 aliphatic heterocycles. The monoisotopic (exact) mass is 484 g/mol. The molecule has 0 spiro atoms. The van der Waals surface area contributed by atoms with Crippen molar-refractivity contribution >= 4 is 23.5 Å². The van der Waals surface area contributed by atoms with E-state index in [4.69, 9.17) is 0 Å². The number of hydrogen-bond donors (Lipinski definition) is 2. The zero-order valence-corrected chi connectivity index (χ0v) is 19.8. The highest BCUT2D eigenvalue weighted by molar-refractivity contribution is 6.38. The third-order valence-electron chi connectivity index (χ3n) is 6.17. The van der Waals surface area contributed by atoms with Gasteiger partial charge in [0, 0.05) is 38.3 Å². The molecule has 8 heteroatoms. The highest BCUT2D eigenvalue weighted by Crippen LogP contribution is 2.22. The van der Waals surface area contributed by atoms with Crippen molar-refractivity contribution in [2.24, 2.45) is 0 Å². The Hall–Kier alpha value is -4.33. The molecule has 3 amide bonds. The molecule has 2 N–H and O–H groups in total. The molecule has 0 saturated carbocycles. The number of carbonyl (C=O) groups is 4. The third kappa shape index (κ3) is 6.41. The number of hydrogen-bond acceptors (Lipinski definition) is 5. The molecule has 184 valence electrons. The fourth-order valence-electron chi connectivity index (χ4n) is 4.24. The van der Waals surface area contributed by atoms with Gasteiger partial charge in [0.05, 0.1) is 0 Å². The maximum atomic E-state index is 13.3. The Morgan fingerprint density at radius 1 is 0.889 bits per heavy atom. The van der Waals surface area contributed by atoms with Crippen LogP contribution in [0.15, 0.2) is 85.2 Å². The highest BCUT2D eigenvalue weighted by Gasteiger charge is 2.38. The molecule has 0 radical (unpaired) electrons. The Balaban J connectivity index is 1.47. The van der Waals surface area contributed by atoms with Crippen molar-refractivity contribution in [2.45, 2.75) is 44.4 Å². The molecule has 3 aromatic rings. The summed E-state index contributed by atoms with van der Waals surface area (Å²) in [6.07, 6.45) is 3.98. The number of carbonyl (C=O) groups excluding carboxylic acids is 4. The van der Waals surface area contributed by atoms with Gasteiger partial charge in [-0.25, -0.2) is 0 Å². The number of amides is 3. The Morgan fingerprint density at radius 2 is 1.53 bits per heavy atom. The number of pyridine rings is 1. The van der Waals surface area contributed by atoms with E-state index in [2.05, 4.69) is 15.6 Å². The van der Waals surface area contributed by atoms with E-state index in [-0.39, 0.29) is 25.3 Å².